The fourth-order valence-electron chi connectivity index (χ4n) is 4.12. The van der Waals surface area contributed by atoms with E-state index < -0.39 is 6.10 Å². The summed E-state index contributed by atoms with van der Waals surface area (Å²) in [6, 6.07) is 7.47. The Balaban J connectivity index is 1.36. The van der Waals surface area contributed by atoms with Crippen molar-refractivity contribution < 1.29 is 14.7 Å². The zero-order valence-electron chi connectivity index (χ0n) is 15.4. The molecular weight excluding hydrogens is 344 g/mol. The number of benzene rings is 1. The van der Waals surface area contributed by atoms with Crippen LogP contribution in [0.4, 0.5) is 0 Å². The number of nitrogens with two attached hydrogens (primary N) is 1. The van der Waals surface area contributed by atoms with Crippen molar-refractivity contribution in [2.24, 2.45) is 11.7 Å². The number of β-amino-alcohol motifs (C(OH)–C–C–N with tert-alkyl or cyclic N) is 1. The number of hydrogen-bond acceptors (Lipinski definition) is 4. The molecule has 0 unspecified atom stereocenters. The molecule has 7 nitrogen and oxygen atoms in total. The Kier molecular flexibility index (Phi) is 4.65. The number of carbonyl (C=O) groups is 2. The van der Waals surface area contributed by atoms with Gasteiger partial charge in [-0.25, -0.2) is 0 Å². The van der Waals surface area contributed by atoms with Gasteiger partial charge in [-0.3, -0.25) is 9.59 Å². The summed E-state index contributed by atoms with van der Waals surface area (Å²) in [6.07, 6.45) is 1.55. The number of aromatic amines is 1. The summed E-state index contributed by atoms with van der Waals surface area (Å²) < 4.78 is 0. The van der Waals surface area contributed by atoms with Gasteiger partial charge in [0.15, 0.2) is 0 Å². The number of amides is 2. The average Bonchev–Trinajstić information content (AvgIpc) is 3.03. The fraction of sp³-hybridized carbons (Fsp3) is 0.500. The summed E-state index contributed by atoms with van der Waals surface area (Å²) in [6.45, 7) is 2.86. The number of aromatic nitrogens is 1. The fourth-order valence-corrected chi connectivity index (χ4v) is 4.12. The number of H-pyrrole nitrogens is 1. The maximum absolute atomic E-state index is 12.6. The third-order valence-electron chi connectivity index (χ3n) is 5.76. The summed E-state index contributed by atoms with van der Waals surface area (Å²) in [5.41, 5.74) is 8.87. The number of rotatable bonds is 3. The second-order valence-corrected chi connectivity index (χ2v) is 7.92. The molecule has 0 spiro atoms. The molecule has 1 saturated heterocycles. The van der Waals surface area contributed by atoms with Gasteiger partial charge in [0.2, 0.25) is 5.91 Å². The van der Waals surface area contributed by atoms with Crippen molar-refractivity contribution in [2.45, 2.75) is 44.4 Å². The standard InChI is InChI=1S/C20H26N4O3/c1-11-2-4-16-13(6-11)8-18(22-16)19(26)23-17-5-3-12(7-15(17)21)20(27)24-9-14(25)10-24/h2,4,6,8,12,14-15,17,22,25H,3,5,7,9-10,21H2,1H3,(H,23,26)/t12-,15+,17-/m0/s1. The van der Waals surface area contributed by atoms with Crippen LogP contribution in [0.5, 0.6) is 0 Å². The predicted molar refractivity (Wildman–Crippen MR) is 102 cm³/mol. The molecule has 1 aromatic carbocycles. The summed E-state index contributed by atoms with van der Waals surface area (Å²) in [5, 5.41) is 13.4. The maximum atomic E-state index is 12.6. The van der Waals surface area contributed by atoms with Gasteiger partial charge in [0.1, 0.15) is 5.69 Å². The highest BCUT2D eigenvalue weighted by Crippen LogP contribution is 2.27. The van der Waals surface area contributed by atoms with Gasteiger partial charge in [0, 0.05) is 42.0 Å². The van der Waals surface area contributed by atoms with Crippen LogP contribution in [0.2, 0.25) is 0 Å². The molecule has 2 heterocycles. The van der Waals surface area contributed by atoms with Crippen LogP contribution in [0.3, 0.4) is 0 Å². The second kappa shape index (κ2) is 6.98. The highest BCUT2D eigenvalue weighted by Gasteiger charge is 2.38. The zero-order valence-corrected chi connectivity index (χ0v) is 15.4. The molecule has 2 fully saturated rings. The molecule has 1 aliphatic heterocycles. The van der Waals surface area contributed by atoms with Crippen molar-refractivity contribution in [3.8, 4) is 0 Å². The van der Waals surface area contributed by atoms with Crippen molar-refractivity contribution in [3.05, 3.63) is 35.5 Å². The van der Waals surface area contributed by atoms with E-state index in [4.69, 9.17) is 5.73 Å². The molecule has 1 aliphatic carbocycles. The van der Waals surface area contributed by atoms with Gasteiger partial charge in [0.05, 0.1) is 6.10 Å². The quantitative estimate of drug-likeness (QED) is 0.643. The average molecular weight is 370 g/mol. The number of carbonyl (C=O) groups excluding carboxylic acids is 2. The SMILES string of the molecule is Cc1ccc2[nH]c(C(=O)N[C@H]3CC[C@H](C(=O)N4CC(O)C4)C[C@H]3N)cc2c1. The number of nitrogens with one attached hydrogen (secondary N) is 2. The van der Waals surface area contributed by atoms with Crippen molar-refractivity contribution in [2.75, 3.05) is 13.1 Å². The number of nitrogens with zero attached hydrogens (tertiary/aromatic N) is 1. The molecule has 4 rings (SSSR count). The van der Waals surface area contributed by atoms with Gasteiger partial charge in [0.25, 0.3) is 5.91 Å². The van der Waals surface area contributed by atoms with Crippen LogP contribution in [-0.2, 0) is 4.79 Å². The Hall–Kier alpha value is -2.38. The number of fused-ring (bicyclic) bond motifs is 1. The largest absolute Gasteiger partial charge is 0.389 e. The van der Waals surface area contributed by atoms with Crippen LogP contribution in [0.1, 0.15) is 35.3 Å². The number of aliphatic hydroxyl groups excluding tert-OH is 1. The number of hydrogen-bond donors (Lipinski definition) is 4. The Morgan fingerprint density at radius 2 is 2.04 bits per heavy atom. The summed E-state index contributed by atoms with van der Waals surface area (Å²) in [7, 11) is 0. The first-order valence-corrected chi connectivity index (χ1v) is 9.53. The van der Waals surface area contributed by atoms with Gasteiger partial charge in [-0.2, -0.15) is 0 Å². The molecule has 1 saturated carbocycles. The van der Waals surface area contributed by atoms with Crippen LogP contribution in [0.15, 0.2) is 24.3 Å². The minimum Gasteiger partial charge on any atom is -0.389 e. The molecule has 0 bridgehead atoms. The van der Waals surface area contributed by atoms with E-state index in [1.54, 1.807) is 4.90 Å². The first kappa shape index (κ1) is 18.0. The third kappa shape index (κ3) is 3.57. The summed E-state index contributed by atoms with van der Waals surface area (Å²) in [4.78, 5) is 29.9. The van der Waals surface area contributed by atoms with E-state index in [0.717, 1.165) is 16.5 Å². The number of aryl methyl sites for hydroxylation is 1. The molecule has 144 valence electrons. The van der Waals surface area contributed by atoms with Gasteiger partial charge in [-0.15, -0.1) is 0 Å². The van der Waals surface area contributed by atoms with E-state index in [1.807, 2.05) is 31.2 Å². The molecule has 2 aromatic rings. The zero-order chi connectivity index (χ0) is 19.1. The summed E-state index contributed by atoms with van der Waals surface area (Å²) >= 11 is 0. The van der Waals surface area contributed by atoms with Gasteiger partial charge < -0.3 is 26.0 Å². The smallest absolute Gasteiger partial charge is 0.268 e. The molecule has 27 heavy (non-hydrogen) atoms. The Labute approximate surface area is 157 Å². The van der Waals surface area contributed by atoms with Crippen molar-refractivity contribution in [1.29, 1.82) is 0 Å². The molecule has 2 aliphatic rings. The normalized spacial score (nSPS) is 26.0. The molecule has 2 amide bonds. The maximum Gasteiger partial charge on any atom is 0.268 e. The predicted octanol–water partition coefficient (Wildman–Crippen LogP) is 0.905. The van der Waals surface area contributed by atoms with Gasteiger partial charge in [-0.05, 0) is 44.4 Å². The van der Waals surface area contributed by atoms with Crippen LogP contribution >= 0.6 is 0 Å². The van der Waals surface area contributed by atoms with Crippen LogP contribution in [0.25, 0.3) is 10.9 Å². The van der Waals surface area contributed by atoms with E-state index >= 15 is 0 Å². The van der Waals surface area contributed by atoms with Crippen molar-refractivity contribution >= 4 is 22.7 Å². The summed E-state index contributed by atoms with van der Waals surface area (Å²) in [5.74, 6) is -0.205. The van der Waals surface area contributed by atoms with Crippen LogP contribution < -0.4 is 11.1 Å². The van der Waals surface area contributed by atoms with E-state index in [1.165, 1.54) is 0 Å². The molecule has 5 N–H and O–H groups in total. The topological polar surface area (TPSA) is 111 Å². The van der Waals surface area contributed by atoms with E-state index in [-0.39, 0.29) is 29.8 Å². The first-order valence-electron chi connectivity index (χ1n) is 9.53. The lowest BCUT2D eigenvalue weighted by Gasteiger charge is -2.41. The molecule has 1 aromatic heterocycles. The lowest BCUT2D eigenvalue weighted by molar-refractivity contribution is -0.147. The van der Waals surface area contributed by atoms with Crippen molar-refractivity contribution in [3.63, 3.8) is 0 Å². The highest BCUT2D eigenvalue weighted by atomic mass is 16.3. The van der Waals surface area contributed by atoms with Crippen LogP contribution in [-0.4, -0.2) is 58.1 Å². The minimum absolute atomic E-state index is 0.0755. The molecule has 3 atom stereocenters. The van der Waals surface area contributed by atoms with E-state index in [2.05, 4.69) is 10.3 Å². The van der Waals surface area contributed by atoms with Gasteiger partial charge >= 0.3 is 0 Å². The monoisotopic (exact) mass is 370 g/mol. The van der Waals surface area contributed by atoms with Crippen LogP contribution in [0, 0.1) is 12.8 Å². The van der Waals surface area contributed by atoms with Gasteiger partial charge in [-0.1, -0.05) is 11.6 Å². The Morgan fingerprint density at radius 3 is 2.74 bits per heavy atom. The lowest BCUT2D eigenvalue weighted by atomic mass is 9.81. The molecular formula is C20H26N4O3. The second-order valence-electron chi connectivity index (χ2n) is 7.92. The first-order chi connectivity index (χ1) is 12.9. The number of aliphatic hydroxyl groups is 1. The van der Waals surface area contributed by atoms with E-state index in [9.17, 15) is 14.7 Å². The number of likely N-dealkylation sites (tertiary alicyclic amines) is 1. The lowest BCUT2D eigenvalue weighted by Crippen LogP contribution is -2.58. The van der Waals surface area contributed by atoms with Crippen molar-refractivity contribution in [1.82, 2.24) is 15.2 Å². The highest BCUT2D eigenvalue weighted by molar-refractivity contribution is 5.98. The Morgan fingerprint density at radius 1 is 1.26 bits per heavy atom. The molecule has 7 heteroatoms. The Bertz CT molecular complexity index is 871. The van der Waals surface area contributed by atoms with E-state index in [0.29, 0.717) is 38.0 Å². The minimum atomic E-state index is -0.390. The molecule has 0 radical (unpaired) electrons. The third-order valence-corrected chi connectivity index (χ3v) is 5.76.